The fraction of sp³-hybridized carbons (Fsp3) is 0.355. The molecule has 3 aromatic heterocycles. The Kier molecular flexibility index (Phi) is 6.55. The quantitative estimate of drug-likeness (QED) is 0.303. The molecule has 4 aromatic rings. The van der Waals surface area contributed by atoms with Gasteiger partial charge in [-0.15, -0.1) is 0 Å². The zero-order chi connectivity index (χ0) is 27.2. The third-order valence-electron chi connectivity index (χ3n) is 6.75. The van der Waals surface area contributed by atoms with E-state index < -0.39 is 11.6 Å². The molecule has 1 atom stereocenters. The number of carbonyl (C=O) groups is 1. The lowest BCUT2D eigenvalue weighted by molar-refractivity contribution is 0.00706. The Balaban J connectivity index is 1.56. The molecule has 1 fully saturated rings. The lowest BCUT2D eigenvalue weighted by atomic mass is 10.0. The average Bonchev–Trinajstić information content (AvgIpc) is 3.71. The number of esters is 1. The summed E-state index contributed by atoms with van der Waals surface area (Å²) in [6, 6.07) is 13.1. The number of nitrogens with zero attached hydrogens (tertiary/aromatic N) is 3. The van der Waals surface area contributed by atoms with Crippen LogP contribution in [0.4, 0.5) is 5.69 Å². The van der Waals surface area contributed by atoms with Crippen LogP contribution in [-0.2, 0) is 4.74 Å². The Morgan fingerprint density at radius 3 is 2.53 bits per heavy atom. The minimum absolute atomic E-state index is 0.109. The highest BCUT2D eigenvalue weighted by Gasteiger charge is 2.25. The van der Waals surface area contributed by atoms with E-state index in [1.807, 2.05) is 90.3 Å². The average molecular weight is 511 g/mol. The van der Waals surface area contributed by atoms with Crippen LogP contribution in [0.2, 0.25) is 0 Å². The standard InChI is InChI=1S/C31H34N4O3/c1-18-15-24(20(3)33-26-10-8-7-9-23(26)30(37)38-31(4,5)6)28-34-27(19(2)29(36)35(28)17-18)22-13-14-25(32-16-22)21-11-12-21/h7-10,13-17,20-21,33H,11-12H2,1-6H3. The second-order valence-electron chi connectivity index (χ2n) is 11.2. The van der Waals surface area contributed by atoms with Crippen molar-refractivity contribution < 1.29 is 9.53 Å². The van der Waals surface area contributed by atoms with Gasteiger partial charge < -0.3 is 10.1 Å². The third kappa shape index (κ3) is 5.19. The summed E-state index contributed by atoms with van der Waals surface area (Å²) >= 11 is 0. The molecule has 7 heteroatoms. The van der Waals surface area contributed by atoms with Crippen LogP contribution in [0.25, 0.3) is 16.9 Å². The smallest absolute Gasteiger partial charge is 0.340 e. The first-order valence-electron chi connectivity index (χ1n) is 13.1. The molecule has 0 bridgehead atoms. The van der Waals surface area contributed by atoms with Crippen LogP contribution in [0.1, 0.15) is 85.2 Å². The summed E-state index contributed by atoms with van der Waals surface area (Å²) in [5.74, 6) is 0.168. The maximum Gasteiger partial charge on any atom is 0.340 e. The van der Waals surface area contributed by atoms with Crippen LogP contribution in [0.5, 0.6) is 0 Å². The van der Waals surface area contributed by atoms with Crippen LogP contribution in [0, 0.1) is 13.8 Å². The van der Waals surface area contributed by atoms with Gasteiger partial charge in [-0.2, -0.15) is 0 Å². The number of ether oxygens (including phenoxy) is 1. The molecule has 5 rings (SSSR count). The number of fused-ring (bicyclic) bond motifs is 1. The van der Waals surface area contributed by atoms with Crippen molar-refractivity contribution in [3.05, 3.63) is 93.2 Å². The summed E-state index contributed by atoms with van der Waals surface area (Å²) in [5, 5.41) is 3.46. The molecule has 0 amide bonds. The second-order valence-corrected chi connectivity index (χ2v) is 11.2. The van der Waals surface area contributed by atoms with E-state index >= 15 is 0 Å². The molecule has 1 aliphatic carbocycles. The van der Waals surface area contributed by atoms with E-state index in [9.17, 15) is 9.59 Å². The van der Waals surface area contributed by atoms with Gasteiger partial charge in [0.25, 0.3) is 5.56 Å². The number of aromatic nitrogens is 3. The molecule has 38 heavy (non-hydrogen) atoms. The van der Waals surface area contributed by atoms with Crippen molar-refractivity contribution in [2.75, 3.05) is 5.32 Å². The molecule has 0 saturated heterocycles. The van der Waals surface area contributed by atoms with Gasteiger partial charge in [0.15, 0.2) is 0 Å². The predicted octanol–water partition coefficient (Wildman–Crippen LogP) is 6.38. The second kappa shape index (κ2) is 9.71. The van der Waals surface area contributed by atoms with E-state index in [0.717, 1.165) is 22.4 Å². The van der Waals surface area contributed by atoms with Gasteiger partial charge in [-0.1, -0.05) is 12.1 Å². The van der Waals surface area contributed by atoms with Gasteiger partial charge in [0.2, 0.25) is 0 Å². The summed E-state index contributed by atoms with van der Waals surface area (Å²) in [7, 11) is 0. The SMILES string of the molecule is Cc1cc(C(C)Nc2ccccc2C(=O)OC(C)(C)C)c2nc(-c3ccc(C4CC4)nc3)c(C)c(=O)n2c1. The monoisotopic (exact) mass is 510 g/mol. The Hall–Kier alpha value is -4.00. The van der Waals surface area contributed by atoms with E-state index in [1.54, 1.807) is 10.5 Å². The molecule has 7 nitrogen and oxygen atoms in total. The van der Waals surface area contributed by atoms with Crippen molar-refractivity contribution in [2.45, 2.75) is 71.9 Å². The van der Waals surface area contributed by atoms with Crippen molar-refractivity contribution in [3.63, 3.8) is 0 Å². The molecule has 0 spiro atoms. The Morgan fingerprint density at radius 2 is 1.87 bits per heavy atom. The van der Waals surface area contributed by atoms with Gasteiger partial charge in [0.05, 0.1) is 17.3 Å². The molecule has 196 valence electrons. The Morgan fingerprint density at radius 1 is 1.13 bits per heavy atom. The zero-order valence-electron chi connectivity index (χ0n) is 22.8. The van der Waals surface area contributed by atoms with Crippen LogP contribution in [-0.4, -0.2) is 25.9 Å². The van der Waals surface area contributed by atoms with E-state index in [1.165, 1.54) is 12.8 Å². The molecule has 1 unspecified atom stereocenters. The van der Waals surface area contributed by atoms with Crippen molar-refractivity contribution >= 4 is 17.3 Å². The van der Waals surface area contributed by atoms with E-state index in [-0.39, 0.29) is 11.6 Å². The predicted molar refractivity (Wildman–Crippen MR) is 150 cm³/mol. The minimum atomic E-state index is -0.604. The Labute approximate surface area is 222 Å². The number of benzene rings is 1. The molecule has 0 radical (unpaired) electrons. The fourth-order valence-electron chi connectivity index (χ4n) is 4.69. The highest BCUT2D eigenvalue weighted by molar-refractivity contribution is 5.96. The van der Waals surface area contributed by atoms with Gasteiger partial charge in [-0.05, 0) is 90.3 Å². The lowest BCUT2D eigenvalue weighted by Crippen LogP contribution is -2.25. The van der Waals surface area contributed by atoms with Crippen molar-refractivity contribution in [3.8, 4) is 11.3 Å². The van der Waals surface area contributed by atoms with Crippen LogP contribution < -0.4 is 10.9 Å². The van der Waals surface area contributed by atoms with Gasteiger partial charge in [-0.25, -0.2) is 9.78 Å². The highest BCUT2D eigenvalue weighted by Crippen LogP contribution is 2.39. The van der Waals surface area contributed by atoms with Gasteiger partial charge in [0.1, 0.15) is 11.2 Å². The van der Waals surface area contributed by atoms with E-state index in [2.05, 4.69) is 10.3 Å². The molecule has 1 saturated carbocycles. The lowest BCUT2D eigenvalue weighted by Gasteiger charge is -2.23. The van der Waals surface area contributed by atoms with Crippen molar-refractivity contribution in [1.82, 2.24) is 14.4 Å². The number of carbonyl (C=O) groups excluding carboxylic acids is 1. The molecule has 1 N–H and O–H groups in total. The topological polar surface area (TPSA) is 85.6 Å². The normalized spacial score (nSPS) is 14.4. The van der Waals surface area contributed by atoms with Gasteiger partial charge in [-0.3, -0.25) is 14.2 Å². The number of rotatable bonds is 6. The Bertz CT molecular complexity index is 1580. The zero-order valence-corrected chi connectivity index (χ0v) is 22.8. The third-order valence-corrected chi connectivity index (χ3v) is 6.75. The molecule has 3 heterocycles. The first kappa shape index (κ1) is 25.6. The first-order valence-corrected chi connectivity index (χ1v) is 13.1. The number of hydrogen-bond donors (Lipinski definition) is 1. The largest absolute Gasteiger partial charge is 0.456 e. The number of nitrogens with one attached hydrogen (secondary N) is 1. The first-order chi connectivity index (χ1) is 18.0. The number of aryl methyl sites for hydroxylation is 1. The van der Waals surface area contributed by atoms with Gasteiger partial charge in [0, 0.05) is 46.4 Å². The number of hydrogen-bond acceptors (Lipinski definition) is 6. The van der Waals surface area contributed by atoms with Gasteiger partial charge >= 0.3 is 5.97 Å². The summed E-state index contributed by atoms with van der Waals surface area (Å²) in [5.41, 5.74) is 5.90. The van der Waals surface area contributed by atoms with Crippen LogP contribution >= 0.6 is 0 Å². The van der Waals surface area contributed by atoms with Crippen LogP contribution in [0.15, 0.2) is 59.7 Å². The van der Waals surface area contributed by atoms with Crippen LogP contribution in [0.3, 0.4) is 0 Å². The number of para-hydroxylation sites is 1. The molecule has 1 aromatic carbocycles. The van der Waals surface area contributed by atoms with Crippen molar-refractivity contribution in [2.24, 2.45) is 0 Å². The summed E-state index contributed by atoms with van der Waals surface area (Å²) in [6.45, 7) is 11.3. The molecule has 0 aliphatic heterocycles. The maximum absolute atomic E-state index is 13.5. The maximum atomic E-state index is 13.5. The summed E-state index contributed by atoms with van der Waals surface area (Å²) in [4.78, 5) is 36.0. The highest BCUT2D eigenvalue weighted by atomic mass is 16.6. The number of pyridine rings is 2. The molecule has 1 aliphatic rings. The molecular weight excluding hydrogens is 476 g/mol. The van der Waals surface area contributed by atoms with E-state index in [4.69, 9.17) is 9.72 Å². The minimum Gasteiger partial charge on any atom is -0.456 e. The summed E-state index contributed by atoms with van der Waals surface area (Å²) < 4.78 is 7.24. The van der Waals surface area contributed by atoms with E-state index in [0.29, 0.717) is 34.1 Å². The number of anilines is 1. The fourth-order valence-corrected chi connectivity index (χ4v) is 4.69. The summed E-state index contributed by atoms with van der Waals surface area (Å²) in [6.07, 6.45) is 6.02. The van der Waals surface area contributed by atoms with Crippen molar-refractivity contribution in [1.29, 1.82) is 0 Å². The molecular formula is C31H34N4O3.